The number of pyridine rings is 2. The van der Waals surface area contributed by atoms with Gasteiger partial charge in [0.05, 0.1) is 0 Å². The smallest absolute Gasteiger partial charge is 0.226 e. The number of hydrogen-bond donors (Lipinski definition) is 1. The van der Waals surface area contributed by atoms with E-state index < -0.39 is 0 Å². The van der Waals surface area contributed by atoms with Crippen LogP contribution in [0.25, 0.3) is 0 Å². The zero-order valence-corrected chi connectivity index (χ0v) is 17.4. The minimum Gasteiger partial charge on any atom is -0.342 e. The predicted molar refractivity (Wildman–Crippen MR) is 116 cm³/mol. The maximum absolute atomic E-state index is 13.0. The molecule has 5 nitrogen and oxygen atoms in total. The molecule has 0 spiro atoms. The van der Waals surface area contributed by atoms with Crippen LogP contribution in [-0.4, -0.2) is 33.9 Å². The third kappa shape index (κ3) is 4.66. The molecule has 2 aromatic heterocycles. The SMILES string of the molecule is CC1=C(C)CC(C(=O)N2CCC(c3cccc(Nc4ccccn4)n3)CC2)CC1. The van der Waals surface area contributed by atoms with Crippen LogP contribution in [0, 0.1) is 5.92 Å². The van der Waals surface area contributed by atoms with Crippen LogP contribution < -0.4 is 5.32 Å². The zero-order chi connectivity index (χ0) is 20.2. The van der Waals surface area contributed by atoms with E-state index in [-0.39, 0.29) is 5.92 Å². The van der Waals surface area contributed by atoms with E-state index in [0.717, 1.165) is 62.5 Å². The third-order valence-corrected chi connectivity index (χ3v) is 6.41. The number of piperidine rings is 1. The summed E-state index contributed by atoms with van der Waals surface area (Å²) in [5, 5.41) is 3.27. The number of hydrogen-bond acceptors (Lipinski definition) is 4. The van der Waals surface area contributed by atoms with Gasteiger partial charge in [-0.15, -0.1) is 0 Å². The number of anilines is 2. The van der Waals surface area contributed by atoms with Crippen LogP contribution in [0.15, 0.2) is 53.7 Å². The number of carbonyl (C=O) groups excluding carboxylic acids is 1. The molecular weight excluding hydrogens is 360 g/mol. The number of carbonyl (C=O) groups is 1. The van der Waals surface area contributed by atoms with Gasteiger partial charge < -0.3 is 10.2 Å². The average molecular weight is 391 g/mol. The van der Waals surface area contributed by atoms with Gasteiger partial charge in [0.2, 0.25) is 5.91 Å². The highest BCUT2D eigenvalue weighted by Gasteiger charge is 2.30. The number of nitrogens with zero attached hydrogens (tertiary/aromatic N) is 3. The standard InChI is InChI=1S/C24H30N4O/c1-17-9-10-20(16-18(17)2)24(29)28-14-11-19(12-15-28)21-6-5-8-23(26-21)27-22-7-3-4-13-25-22/h3-8,13,19-20H,9-12,14-16H2,1-2H3,(H,25,26,27). The number of likely N-dealkylation sites (tertiary alicyclic amines) is 1. The molecule has 1 amide bonds. The Labute approximate surface area is 173 Å². The number of nitrogens with one attached hydrogen (secondary N) is 1. The lowest BCUT2D eigenvalue weighted by atomic mass is 9.83. The van der Waals surface area contributed by atoms with Gasteiger partial charge in [-0.05, 0) is 70.2 Å². The molecule has 152 valence electrons. The molecule has 1 N–H and O–H groups in total. The van der Waals surface area contributed by atoms with Crippen LogP contribution in [0.4, 0.5) is 11.6 Å². The molecule has 2 aromatic rings. The fourth-order valence-electron chi connectivity index (χ4n) is 4.43. The number of amides is 1. The van der Waals surface area contributed by atoms with Crippen LogP contribution in [0.5, 0.6) is 0 Å². The molecule has 4 rings (SSSR count). The van der Waals surface area contributed by atoms with Crippen molar-refractivity contribution < 1.29 is 4.79 Å². The first kappa shape index (κ1) is 19.6. The van der Waals surface area contributed by atoms with Crippen LogP contribution in [0.2, 0.25) is 0 Å². The van der Waals surface area contributed by atoms with Crippen molar-refractivity contribution in [2.24, 2.45) is 5.92 Å². The quantitative estimate of drug-likeness (QED) is 0.741. The first-order valence-corrected chi connectivity index (χ1v) is 10.7. The van der Waals surface area contributed by atoms with Crippen LogP contribution in [0.1, 0.15) is 57.6 Å². The second kappa shape index (κ2) is 8.76. The van der Waals surface area contributed by atoms with Gasteiger partial charge in [-0.25, -0.2) is 9.97 Å². The van der Waals surface area contributed by atoms with Gasteiger partial charge in [0.15, 0.2) is 0 Å². The second-order valence-corrected chi connectivity index (χ2v) is 8.39. The Kier molecular flexibility index (Phi) is 5.93. The summed E-state index contributed by atoms with van der Waals surface area (Å²) < 4.78 is 0. The van der Waals surface area contributed by atoms with Gasteiger partial charge in [0.25, 0.3) is 0 Å². The third-order valence-electron chi connectivity index (χ3n) is 6.41. The van der Waals surface area contributed by atoms with E-state index in [1.807, 2.05) is 30.3 Å². The van der Waals surface area contributed by atoms with Crippen molar-refractivity contribution >= 4 is 17.5 Å². The fourth-order valence-corrected chi connectivity index (χ4v) is 4.43. The molecular formula is C24H30N4O. The molecule has 1 unspecified atom stereocenters. The summed E-state index contributed by atoms with van der Waals surface area (Å²) in [5.74, 6) is 2.55. The van der Waals surface area contributed by atoms with Crippen molar-refractivity contribution in [2.75, 3.05) is 18.4 Å². The topological polar surface area (TPSA) is 58.1 Å². The van der Waals surface area contributed by atoms with E-state index in [2.05, 4.69) is 35.1 Å². The lowest BCUT2D eigenvalue weighted by molar-refractivity contribution is -0.137. The Morgan fingerprint density at radius 1 is 1.00 bits per heavy atom. The summed E-state index contributed by atoms with van der Waals surface area (Å²) in [6.45, 7) is 6.05. The average Bonchev–Trinajstić information content (AvgIpc) is 2.76. The molecule has 1 aliphatic carbocycles. The molecule has 0 bridgehead atoms. The molecule has 0 aromatic carbocycles. The summed E-state index contributed by atoms with van der Waals surface area (Å²) in [7, 11) is 0. The first-order chi connectivity index (χ1) is 14.1. The highest BCUT2D eigenvalue weighted by Crippen LogP contribution is 2.33. The summed E-state index contributed by atoms with van der Waals surface area (Å²) in [4.78, 5) is 24.2. The van der Waals surface area contributed by atoms with Gasteiger partial charge in [-0.3, -0.25) is 4.79 Å². The maximum atomic E-state index is 13.0. The minimum absolute atomic E-state index is 0.180. The van der Waals surface area contributed by atoms with Crippen molar-refractivity contribution in [1.29, 1.82) is 0 Å². The van der Waals surface area contributed by atoms with E-state index in [9.17, 15) is 4.79 Å². The molecule has 5 heteroatoms. The van der Waals surface area contributed by atoms with Crippen molar-refractivity contribution in [3.63, 3.8) is 0 Å². The molecule has 1 saturated heterocycles. The molecule has 2 aliphatic rings. The van der Waals surface area contributed by atoms with Crippen molar-refractivity contribution in [2.45, 2.75) is 51.9 Å². The van der Waals surface area contributed by atoms with Gasteiger partial charge >= 0.3 is 0 Å². The van der Waals surface area contributed by atoms with E-state index >= 15 is 0 Å². The first-order valence-electron chi connectivity index (χ1n) is 10.7. The van der Waals surface area contributed by atoms with E-state index in [0.29, 0.717) is 11.8 Å². The normalized spacial score (nSPS) is 20.6. The molecule has 1 aliphatic heterocycles. The molecule has 3 heterocycles. The Balaban J connectivity index is 1.35. The lowest BCUT2D eigenvalue weighted by Crippen LogP contribution is -2.42. The van der Waals surface area contributed by atoms with Crippen LogP contribution in [0.3, 0.4) is 0 Å². The molecule has 0 radical (unpaired) electrons. The Morgan fingerprint density at radius 3 is 2.52 bits per heavy atom. The van der Waals surface area contributed by atoms with Crippen molar-refractivity contribution in [3.05, 3.63) is 59.4 Å². The van der Waals surface area contributed by atoms with Crippen LogP contribution in [-0.2, 0) is 4.79 Å². The lowest BCUT2D eigenvalue weighted by Gasteiger charge is -2.35. The van der Waals surface area contributed by atoms with Crippen molar-refractivity contribution in [1.82, 2.24) is 14.9 Å². The van der Waals surface area contributed by atoms with Crippen LogP contribution >= 0.6 is 0 Å². The number of aromatic nitrogens is 2. The van der Waals surface area contributed by atoms with Gasteiger partial charge in [-0.2, -0.15) is 0 Å². The Hall–Kier alpha value is -2.69. The highest BCUT2D eigenvalue weighted by molar-refractivity contribution is 5.79. The molecule has 0 saturated carbocycles. The molecule has 1 fully saturated rings. The van der Waals surface area contributed by atoms with Crippen molar-refractivity contribution in [3.8, 4) is 0 Å². The highest BCUT2D eigenvalue weighted by atomic mass is 16.2. The van der Waals surface area contributed by atoms with Gasteiger partial charge in [0, 0.05) is 36.8 Å². The monoisotopic (exact) mass is 390 g/mol. The number of allylic oxidation sites excluding steroid dienone is 2. The summed E-state index contributed by atoms with van der Waals surface area (Å²) in [5.41, 5.74) is 3.98. The number of rotatable bonds is 4. The maximum Gasteiger partial charge on any atom is 0.226 e. The zero-order valence-electron chi connectivity index (χ0n) is 17.4. The van der Waals surface area contributed by atoms with E-state index in [4.69, 9.17) is 4.98 Å². The van der Waals surface area contributed by atoms with Gasteiger partial charge in [0.1, 0.15) is 11.6 Å². The Morgan fingerprint density at radius 2 is 1.79 bits per heavy atom. The molecule has 29 heavy (non-hydrogen) atoms. The molecule has 1 atom stereocenters. The summed E-state index contributed by atoms with van der Waals surface area (Å²) in [6.07, 6.45) is 6.74. The Bertz CT molecular complexity index is 885. The fraction of sp³-hybridized carbons (Fsp3) is 0.458. The van der Waals surface area contributed by atoms with E-state index in [1.54, 1.807) is 6.20 Å². The summed E-state index contributed by atoms with van der Waals surface area (Å²) in [6, 6.07) is 11.9. The summed E-state index contributed by atoms with van der Waals surface area (Å²) >= 11 is 0. The van der Waals surface area contributed by atoms with E-state index in [1.165, 1.54) is 11.1 Å². The van der Waals surface area contributed by atoms with Gasteiger partial charge in [-0.1, -0.05) is 23.3 Å². The second-order valence-electron chi connectivity index (χ2n) is 8.39. The predicted octanol–water partition coefficient (Wildman–Crippen LogP) is 5.06. The largest absolute Gasteiger partial charge is 0.342 e. The minimum atomic E-state index is 0.180.